The average molecular weight is 322 g/mol. The average Bonchev–Trinajstić information content (AvgIpc) is 2.91. The number of fused-ring (bicyclic) bond motifs is 1. The molecule has 116 valence electrons. The quantitative estimate of drug-likeness (QED) is 0.879. The van der Waals surface area contributed by atoms with E-state index in [-0.39, 0.29) is 31.4 Å². The smallest absolute Gasteiger partial charge is 0.234 e. The molecule has 1 aromatic heterocycles. The van der Waals surface area contributed by atoms with E-state index in [0.717, 1.165) is 16.9 Å². The normalized spacial score (nSPS) is 17.4. The van der Waals surface area contributed by atoms with E-state index in [1.54, 1.807) is 12.1 Å². The number of amides is 1. The van der Waals surface area contributed by atoms with Crippen molar-refractivity contribution >= 4 is 28.1 Å². The third kappa shape index (κ3) is 2.79. The number of aliphatic hydroxyl groups is 1. The van der Waals surface area contributed by atoms with Gasteiger partial charge in [-0.2, -0.15) is 0 Å². The third-order valence-electron chi connectivity index (χ3n) is 3.63. The number of nitrogens with zero attached hydrogens (tertiary/aromatic N) is 3. The van der Waals surface area contributed by atoms with Gasteiger partial charge in [0, 0.05) is 19.1 Å². The summed E-state index contributed by atoms with van der Waals surface area (Å²) in [6.07, 6.45) is 0.569. The minimum Gasteiger partial charge on any atom is -0.396 e. The summed E-state index contributed by atoms with van der Waals surface area (Å²) in [4.78, 5) is 13.9. The molecule has 0 saturated carbocycles. The number of carbonyl (C=O) groups is 1. The van der Waals surface area contributed by atoms with Crippen LogP contribution in [0.4, 0.5) is 15.2 Å². The van der Waals surface area contributed by atoms with Crippen LogP contribution in [0.5, 0.6) is 0 Å². The second kappa shape index (κ2) is 5.98. The number of hydrogen-bond acceptors (Lipinski definition) is 6. The summed E-state index contributed by atoms with van der Waals surface area (Å²) >= 11 is 1.14. The highest BCUT2D eigenvalue weighted by Crippen LogP contribution is 2.32. The molecular weight excluding hydrogens is 307 g/mol. The van der Waals surface area contributed by atoms with Crippen LogP contribution in [0, 0.1) is 11.7 Å². The van der Waals surface area contributed by atoms with Crippen LogP contribution in [0.3, 0.4) is 0 Å². The van der Waals surface area contributed by atoms with Crippen molar-refractivity contribution in [2.45, 2.75) is 12.8 Å². The van der Waals surface area contributed by atoms with E-state index in [1.165, 1.54) is 11.0 Å². The number of anilines is 2. The number of hydrogen-bond donors (Lipinski definition) is 2. The van der Waals surface area contributed by atoms with Crippen LogP contribution in [-0.2, 0) is 17.6 Å². The van der Waals surface area contributed by atoms with Crippen LogP contribution in [0.1, 0.15) is 10.6 Å². The van der Waals surface area contributed by atoms with Crippen molar-refractivity contribution in [2.24, 2.45) is 5.92 Å². The summed E-state index contributed by atoms with van der Waals surface area (Å²) in [5.41, 5.74) is 6.54. The van der Waals surface area contributed by atoms with Crippen LogP contribution in [0.15, 0.2) is 18.2 Å². The number of aliphatic hydroxyl groups excluding tert-OH is 1. The van der Waals surface area contributed by atoms with E-state index >= 15 is 0 Å². The standard InChI is InChI=1S/C14H15FN4O2S/c15-10-3-1-2-9-4-8(7-20)6-19(13(9)10)12(21)5-11-17-18-14(16)22-11/h1-3,8,20H,4-7H2,(H2,16,18). The zero-order valence-electron chi connectivity index (χ0n) is 11.7. The number of nitrogens with two attached hydrogens (primary N) is 1. The molecular formula is C14H15FN4O2S. The highest BCUT2D eigenvalue weighted by Gasteiger charge is 2.30. The van der Waals surface area contributed by atoms with Gasteiger partial charge in [-0.1, -0.05) is 23.5 Å². The van der Waals surface area contributed by atoms with Crippen molar-refractivity contribution in [3.8, 4) is 0 Å². The Hall–Kier alpha value is -2.06. The molecule has 0 radical (unpaired) electrons. The Kier molecular flexibility index (Phi) is 4.04. The molecule has 0 spiro atoms. The van der Waals surface area contributed by atoms with Crippen LogP contribution in [0.2, 0.25) is 0 Å². The van der Waals surface area contributed by atoms with E-state index in [9.17, 15) is 14.3 Å². The SMILES string of the molecule is Nc1nnc(CC(=O)N2CC(CO)Cc3cccc(F)c32)s1. The molecule has 0 bridgehead atoms. The van der Waals surface area contributed by atoms with E-state index in [1.807, 2.05) is 0 Å². The van der Waals surface area contributed by atoms with Gasteiger partial charge in [0.1, 0.15) is 10.8 Å². The number of aromatic nitrogens is 2. The lowest BCUT2D eigenvalue weighted by Gasteiger charge is -2.34. The molecule has 22 heavy (non-hydrogen) atoms. The molecule has 1 unspecified atom stereocenters. The zero-order valence-corrected chi connectivity index (χ0v) is 12.5. The molecule has 1 atom stereocenters. The van der Waals surface area contributed by atoms with E-state index in [0.29, 0.717) is 22.2 Å². The highest BCUT2D eigenvalue weighted by atomic mass is 32.1. The number of benzene rings is 1. The van der Waals surface area contributed by atoms with Crippen molar-refractivity contribution in [1.29, 1.82) is 0 Å². The number of carbonyl (C=O) groups excluding carboxylic acids is 1. The minimum atomic E-state index is -0.431. The van der Waals surface area contributed by atoms with E-state index in [4.69, 9.17) is 5.73 Å². The van der Waals surface area contributed by atoms with Crippen molar-refractivity contribution in [1.82, 2.24) is 10.2 Å². The summed E-state index contributed by atoms with van der Waals surface area (Å²) in [6, 6.07) is 4.73. The predicted octanol–water partition coefficient (Wildman–Crippen LogP) is 1.000. The van der Waals surface area contributed by atoms with Crippen molar-refractivity contribution in [3.05, 3.63) is 34.6 Å². The van der Waals surface area contributed by atoms with Gasteiger partial charge >= 0.3 is 0 Å². The fourth-order valence-electron chi connectivity index (χ4n) is 2.66. The van der Waals surface area contributed by atoms with E-state index < -0.39 is 5.82 Å². The molecule has 8 heteroatoms. The van der Waals surface area contributed by atoms with Gasteiger partial charge in [-0.05, 0) is 18.1 Å². The Morgan fingerprint density at radius 3 is 3.00 bits per heavy atom. The van der Waals surface area contributed by atoms with Gasteiger partial charge in [0.05, 0.1) is 12.1 Å². The summed E-state index contributed by atoms with van der Waals surface area (Å²) in [5, 5.41) is 17.7. The molecule has 1 aliphatic heterocycles. The fraction of sp³-hybridized carbons (Fsp3) is 0.357. The monoisotopic (exact) mass is 322 g/mol. The summed E-state index contributed by atoms with van der Waals surface area (Å²) in [7, 11) is 0. The third-order valence-corrected chi connectivity index (χ3v) is 4.39. The van der Waals surface area contributed by atoms with Crippen LogP contribution >= 0.6 is 11.3 Å². The number of nitrogen functional groups attached to an aromatic ring is 1. The lowest BCUT2D eigenvalue weighted by molar-refractivity contribution is -0.118. The Morgan fingerprint density at radius 1 is 1.50 bits per heavy atom. The molecule has 0 fully saturated rings. The molecule has 2 aromatic rings. The Morgan fingerprint density at radius 2 is 2.32 bits per heavy atom. The molecule has 3 N–H and O–H groups in total. The summed E-state index contributed by atoms with van der Waals surface area (Å²) < 4.78 is 14.2. The first-order valence-electron chi connectivity index (χ1n) is 6.85. The Bertz CT molecular complexity index is 706. The van der Waals surface area contributed by atoms with Crippen molar-refractivity contribution < 1.29 is 14.3 Å². The molecule has 3 rings (SSSR count). The Labute approximate surface area is 130 Å². The van der Waals surface area contributed by atoms with Crippen LogP contribution < -0.4 is 10.6 Å². The molecule has 1 amide bonds. The number of rotatable bonds is 3. The highest BCUT2D eigenvalue weighted by molar-refractivity contribution is 7.15. The number of halogens is 1. The van der Waals surface area contributed by atoms with Gasteiger partial charge in [-0.3, -0.25) is 4.79 Å². The first-order chi connectivity index (χ1) is 10.6. The lowest BCUT2D eigenvalue weighted by Crippen LogP contribution is -2.42. The maximum atomic E-state index is 14.2. The number of para-hydroxylation sites is 1. The first kappa shape index (κ1) is 14.9. The second-order valence-electron chi connectivity index (χ2n) is 5.22. The maximum Gasteiger partial charge on any atom is 0.234 e. The predicted molar refractivity (Wildman–Crippen MR) is 81.1 cm³/mol. The maximum absolute atomic E-state index is 14.2. The van der Waals surface area contributed by atoms with Crippen LogP contribution in [-0.4, -0.2) is 34.4 Å². The topological polar surface area (TPSA) is 92.3 Å². The molecule has 2 heterocycles. The van der Waals surface area contributed by atoms with Crippen LogP contribution in [0.25, 0.3) is 0 Å². The van der Waals surface area contributed by atoms with Crippen molar-refractivity contribution in [3.63, 3.8) is 0 Å². The van der Waals surface area contributed by atoms with Gasteiger partial charge < -0.3 is 15.7 Å². The minimum absolute atomic E-state index is 0.0147. The molecule has 1 aromatic carbocycles. The van der Waals surface area contributed by atoms with Gasteiger partial charge in [0.25, 0.3) is 0 Å². The van der Waals surface area contributed by atoms with Gasteiger partial charge in [-0.25, -0.2) is 4.39 Å². The molecule has 0 aliphatic carbocycles. The molecule has 1 aliphatic rings. The van der Waals surface area contributed by atoms with E-state index in [2.05, 4.69) is 10.2 Å². The summed E-state index contributed by atoms with van der Waals surface area (Å²) in [6.45, 7) is 0.239. The lowest BCUT2D eigenvalue weighted by atomic mass is 9.92. The second-order valence-corrected chi connectivity index (χ2v) is 6.31. The van der Waals surface area contributed by atoms with Gasteiger partial charge in [-0.15, -0.1) is 10.2 Å². The molecule has 6 nitrogen and oxygen atoms in total. The van der Waals surface area contributed by atoms with Gasteiger partial charge in [0.15, 0.2) is 0 Å². The Balaban J connectivity index is 1.90. The van der Waals surface area contributed by atoms with Crippen molar-refractivity contribution in [2.75, 3.05) is 23.8 Å². The first-order valence-corrected chi connectivity index (χ1v) is 7.66. The molecule has 0 saturated heterocycles. The summed E-state index contributed by atoms with van der Waals surface area (Å²) in [5.74, 6) is -0.808. The largest absolute Gasteiger partial charge is 0.396 e. The zero-order chi connectivity index (χ0) is 15.7. The van der Waals surface area contributed by atoms with Gasteiger partial charge in [0.2, 0.25) is 11.0 Å². The fourth-order valence-corrected chi connectivity index (χ4v) is 3.26.